The van der Waals surface area contributed by atoms with E-state index in [1.807, 2.05) is 0 Å². The molecule has 0 aliphatic rings. The van der Waals surface area contributed by atoms with Gasteiger partial charge in [-0.2, -0.15) is 0 Å². The molecule has 0 amide bonds. The first-order valence-electron chi connectivity index (χ1n) is 12.4. The molecular weight excluding hydrogens is 426 g/mol. The molecule has 7 rings (SSSR count). The van der Waals surface area contributed by atoms with E-state index in [4.69, 9.17) is 0 Å². The third-order valence-electron chi connectivity index (χ3n) is 7.24. The van der Waals surface area contributed by atoms with Gasteiger partial charge in [0.15, 0.2) is 0 Å². The highest BCUT2D eigenvalue weighted by Crippen LogP contribution is 2.33. The Labute approximate surface area is 203 Å². The van der Waals surface area contributed by atoms with Gasteiger partial charge in [0.2, 0.25) is 0 Å². The summed E-state index contributed by atoms with van der Waals surface area (Å²) in [5, 5.41) is 5.13. The highest BCUT2D eigenvalue weighted by Gasteiger charge is 2.11. The molecule has 0 aliphatic heterocycles. The average molecular weight is 454 g/mol. The zero-order valence-electron chi connectivity index (χ0n) is 19.6. The highest BCUT2D eigenvalue weighted by atomic mass is 14.8. The molecule has 3 heteroatoms. The average Bonchev–Trinajstić information content (AvgIpc) is 3.58. The van der Waals surface area contributed by atoms with Gasteiger partial charge in [-0.15, -0.1) is 0 Å². The number of nitrogens with one attached hydrogen (secondary N) is 3. The summed E-state index contributed by atoms with van der Waals surface area (Å²) in [5.41, 5.74) is 10.1. The maximum Gasteiger partial charge on any atom is 0.0486 e. The SMILES string of the molecule is c1ccc(CCc2cc3cc4c(cc3[nH]2)[nH]c2cc3[nH]c(CCc5ccccc5)cc3cc24)cc1. The fourth-order valence-corrected chi connectivity index (χ4v) is 5.40. The van der Waals surface area contributed by atoms with Crippen molar-refractivity contribution >= 4 is 43.6 Å². The Morgan fingerprint density at radius 3 is 1.31 bits per heavy atom. The minimum atomic E-state index is 1.02. The molecule has 170 valence electrons. The number of benzene rings is 4. The van der Waals surface area contributed by atoms with Gasteiger partial charge in [-0.3, -0.25) is 0 Å². The van der Waals surface area contributed by atoms with Crippen LogP contribution < -0.4 is 0 Å². The van der Waals surface area contributed by atoms with E-state index in [0.717, 1.165) is 25.7 Å². The number of fused-ring (bicyclic) bond motifs is 5. The first kappa shape index (κ1) is 20.2. The molecule has 4 aromatic carbocycles. The van der Waals surface area contributed by atoms with Crippen LogP contribution in [0.5, 0.6) is 0 Å². The summed E-state index contributed by atoms with van der Waals surface area (Å²) < 4.78 is 0. The fraction of sp³-hybridized carbons (Fsp3) is 0.125. The lowest BCUT2D eigenvalue weighted by Crippen LogP contribution is -1.90. The van der Waals surface area contributed by atoms with Crippen molar-refractivity contribution in [1.82, 2.24) is 15.0 Å². The molecule has 0 aliphatic carbocycles. The molecule has 3 nitrogen and oxygen atoms in total. The van der Waals surface area contributed by atoms with Gasteiger partial charge in [0.05, 0.1) is 0 Å². The van der Waals surface area contributed by atoms with Crippen LogP contribution in [0.2, 0.25) is 0 Å². The van der Waals surface area contributed by atoms with Crippen LogP contribution in [0.4, 0.5) is 0 Å². The summed E-state index contributed by atoms with van der Waals surface area (Å²) in [6.45, 7) is 0. The Hall–Kier alpha value is -4.24. The monoisotopic (exact) mass is 453 g/mol. The van der Waals surface area contributed by atoms with Crippen molar-refractivity contribution in [3.8, 4) is 0 Å². The van der Waals surface area contributed by atoms with Gasteiger partial charge < -0.3 is 15.0 Å². The van der Waals surface area contributed by atoms with Crippen molar-refractivity contribution in [2.45, 2.75) is 25.7 Å². The van der Waals surface area contributed by atoms with E-state index in [1.54, 1.807) is 0 Å². The predicted molar refractivity (Wildman–Crippen MR) is 147 cm³/mol. The molecule has 0 saturated heterocycles. The van der Waals surface area contributed by atoms with Crippen molar-refractivity contribution in [2.24, 2.45) is 0 Å². The van der Waals surface area contributed by atoms with Crippen molar-refractivity contribution in [3.05, 3.63) is 120 Å². The molecule has 3 heterocycles. The van der Waals surface area contributed by atoms with Gasteiger partial charge in [-0.1, -0.05) is 60.7 Å². The Morgan fingerprint density at radius 1 is 0.400 bits per heavy atom. The van der Waals surface area contributed by atoms with Crippen molar-refractivity contribution in [1.29, 1.82) is 0 Å². The van der Waals surface area contributed by atoms with Crippen LogP contribution in [0.15, 0.2) is 97.1 Å². The Morgan fingerprint density at radius 2 is 0.857 bits per heavy atom. The van der Waals surface area contributed by atoms with Gasteiger partial charge >= 0.3 is 0 Å². The molecule has 0 bridgehead atoms. The van der Waals surface area contributed by atoms with Crippen LogP contribution in [0, 0.1) is 0 Å². The minimum Gasteiger partial charge on any atom is -0.358 e. The maximum absolute atomic E-state index is 3.66. The predicted octanol–water partition coefficient (Wildman–Crippen LogP) is 7.85. The number of aryl methyl sites for hydroxylation is 4. The molecule has 3 aromatic heterocycles. The summed E-state index contributed by atoms with van der Waals surface area (Å²) in [6.07, 6.45) is 4.13. The van der Waals surface area contributed by atoms with Crippen molar-refractivity contribution < 1.29 is 0 Å². The Balaban J connectivity index is 1.20. The lowest BCUT2D eigenvalue weighted by Gasteiger charge is -1.98. The first-order chi connectivity index (χ1) is 17.3. The summed E-state index contributed by atoms with van der Waals surface area (Å²) >= 11 is 0. The van der Waals surface area contributed by atoms with E-state index in [-0.39, 0.29) is 0 Å². The van der Waals surface area contributed by atoms with Crippen LogP contribution >= 0.6 is 0 Å². The van der Waals surface area contributed by atoms with Crippen molar-refractivity contribution in [3.63, 3.8) is 0 Å². The van der Waals surface area contributed by atoms with Crippen LogP contribution in [-0.2, 0) is 25.7 Å². The zero-order valence-corrected chi connectivity index (χ0v) is 19.6. The highest BCUT2D eigenvalue weighted by molar-refractivity contribution is 6.14. The van der Waals surface area contributed by atoms with E-state index in [9.17, 15) is 0 Å². The van der Waals surface area contributed by atoms with E-state index in [2.05, 4.69) is 112 Å². The van der Waals surface area contributed by atoms with Gasteiger partial charge in [0.25, 0.3) is 0 Å². The molecule has 0 spiro atoms. The summed E-state index contributed by atoms with van der Waals surface area (Å²) in [7, 11) is 0. The second-order valence-corrected chi connectivity index (χ2v) is 9.66. The molecule has 0 fully saturated rings. The first-order valence-corrected chi connectivity index (χ1v) is 12.4. The lowest BCUT2D eigenvalue weighted by molar-refractivity contribution is 0.930. The zero-order chi connectivity index (χ0) is 23.2. The van der Waals surface area contributed by atoms with Crippen molar-refractivity contribution in [2.75, 3.05) is 0 Å². The number of aromatic amines is 3. The summed E-state index contributed by atoms with van der Waals surface area (Å²) in [6, 6.07) is 35.2. The van der Waals surface area contributed by atoms with Crippen LogP contribution in [0.3, 0.4) is 0 Å². The molecule has 0 atom stereocenters. The number of hydrogen-bond donors (Lipinski definition) is 3. The number of aromatic nitrogens is 3. The third kappa shape index (κ3) is 3.79. The van der Waals surface area contributed by atoms with Crippen LogP contribution in [0.1, 0.15) is 22.5 Å². The molecule has 0 radical (unpaired) electrons. The minimum absolute atomic E-state index is 1.02. The normalized spacial score (nSPS) is 11.9. The Bertz CT molecular complexity index is 1650. The van der Waals surface area contributed by atoms with E-state index < -0.39 is 0 Å². The number of rotatable bonds is 6. The lowest BCUT2D eigenvalue weighted by atomic mass is 10.1. The van der Waals surface area contributed by atoms with E-state index >= 15 is 0 Å². The summed E-state index contributed by atoms with van der Waals surface area (Å²) in [5.74, 6) is 0. The van der Waals surface area contributed by atoms with Gasteiger partial charge in [0, 0.05) is 55.0 Å². The van der Waals surface area contributed by atoms with E-state index in [0.29, 0.717) is 0 Å². The topological polar surface area (TPSA) is 47.4 Å². The van der Waals surface area contributed by atoms with Gasteiger partial charge in [0.1, 0.15) is 0 Å². The number of hydrogen-bond acceptors (Lipinski definition) is 0. The molecule has 7 aromatic rings. The second-order valence-electron chi connectivity index (χ2n) is 9.66. The molecule has 0 unspecified atom stereocenters. The Kier molecular flexibility index (Phi) is 4.73. The molecule has 35 heavy (non-hydrogen) atoms. The van der Waals surface area contributed by atoms with Crippen LogP contribution in [-0.4, -0.2) is 15.0 Å². The quantitative estimate of drug-likeness (QED) is 0.230. The van der Waals surface area contributed by atoms with E-state index in [1.165, 1.54) is 66.1 Å². The largest absolute Gasteiger partial charge is 0.358 e. The smallest absolute Gasteiger partial charge is 0.0486 e. The number of H-pyrrole nitrogens is 3. The summed E-state index contributed by atoms with van der Waals surface area (Å²) in [4.78, 5) is 10.9. The van der Waals surface area contributed by atoms with Crippen LogP contribution in [0.25, 0.3) is 43.6 Å². The van der Waals surface area contributed by atoms with Gasteiger partial charge in [-0.25, -0.2) is 0 Å². The molecule has 0 saturated carbocycles. The molecular formula is C32H27N3. The molecule has 3 N–H and O–H groups in total. The fourth-order valence-electron chi connectivity index (χ4n) is 5.40. The maximum atomic E-state index is 3.66. The standard InChI is InChI=1S/C32H27N3/c1-3-7-21(8-4-1)11-13-25-15-23-17-27-28-18-24-16-26(14-12-22-9-5-2-6-10-22)34-30(24)20-32(28)35-31(27)19-29(23)33-25/h1-10,15-20,33-35H,11-14H2. The second kappa shape index (κ2) is 8.21. The third-order valence-corrected chi connectivity index (χ3v) is 7.24. The van der Waals surface area contributed by atoms with Gasteiger partial charge in [-0.05, 0) is 73.2 Å².